The predicted molar refractivity (Wildman–Crippen MR) is 86.2 cm³/mol. The number of methoxy groups -OCH3 is 1. The maximum Gasteiger partial charge on any atom is 0.272 e. The fourth-order valence-corrected chi connectivity index (χ4v) is 4.05. The number of carbonyl (C=O) groups is 1. The second kappa shape index (κ2) is 6.18. The third-order valence-corrected chi connectivity index (χ3v) is 5.10. The average Bonchev–Trinajstić information content (AvgIpc) is 2.88. The lowest BCUT2D eigenvalue weighted by Crippen LogP contribution is -2.67. The summed E-state index contributed by atoms with van der Waals surface area (Å²) >= 11 is 0. The summed E-state index contributed by atoms with van der Waals surface area (Å²) in [5, 5.41) is 13.6. The number of hydrogen-bond donors (Lipinski definition) is 3. The highest BCUT2D eigenvalue weighted by molar-refractivity contribution is 5.94. The SMILES string of the molecule is COC1C(C)C(NC(=O)c2n[nH]c3c2CNCC3)C1(C)C.Cl. The van der Waals surface area contributed by atoms with Crippen LogP contribution in [0, 0.1) is 11.3 Å². The smallest absolute Gasteiger partial charge is 0.272 e. The van der Waals surface area contributed by atoms with Crippen molar-refractivity contribution in [2.45, 2.75) is 45.9 Å². The van der Waals surface area contributed by atoms with Crippen LogP contribution in [0.2, 0.25) is 0 Å². The summed E-state index contributed by atoms with van der Waals surface area (Å²) < 4.78 is 5.52. The zero-order valence-electron chi connectivity index (χ0n) is 13.5. The van der Waals surface area contributed by atoms with Gasteiger partial charge in [0, 0.05) is 55.3 Å². The standard InChI is InChI=1S/C15H24N4O2.ClH/c1-8-12(15(2,3)13(8)21-4)17-14(20)11-9-7-16-6-5-10(9)18-19-11;/h8,12-13,16H,5-7H2,1-4H3,(H,17,20)(H,18,19);1H. The summed E-state index contributed by atoms with van der Waals surface area (Å²) in [7, 11) is 1.73. The van der Waals surface area contributed by atoms with Crippen molar-refractivity contribution in [3.05, 3.63) is 17.0 Å². The molecule has 124 valence electrons. The average molecular weight is 329 g/mol. The number of hydrogen-bond acceptors (Lipinski definition) is 4. The van der Waals surface area contributed by atoms with E-state index in [-0.39, 0.29) is 35.9 Å². The minimum Gasteiger partial charge on any atom is -0.380 e. The summed E-state index contributed by atoms with van der Waals surface area (Å²) in [6.07, 6.45) is 1.07. The van der Waals surface area contributed by atoms with Crippen LogP contribution in [-0.2, 0) is 17.7 Å². The Balaban J connectivity index is 0.00000176. The third-order valence-electron chi connectivity index (χ3n) is 5.10. The van der Waals surface area contributed by atoms with Gasteiger partial charge in [-0.15, -0.1) is 12.4 Å². The molecule has 6 nitrogen and oxygen atoms in total. The van der Waals surface area contributed by atoms with E-state index in [1.807, 2.05) is 0 Å². The molecule has 3 N–H and O–H groups in total. The molecule has 0 aromatic carbocycles. The van der Waals surface area contributed by atoms with Gasteiger partial charge < -0.3 is 15.4 Å². The van der Waals surface area contributed by atoms with Crippen LogP contribution in [0.1, 0.15) is 42.5 Å². The van der Waals surface area contributed by atoms with E-state index in [0.29, 0.717) is 18.2 Å². The van der Waals surface area contributed by atoms with Crippen LogP contribution in [0.15, 0.2) is 0 Å². The molecule has 1 aliphatic carbocycles. The van der Waals surface area contributed by atoms with Crippen LogP contribution in [0.4, 0.5) is 0 Å². The van der Waals surface area contributed by atoms with Gasteiger partial charge in [0.05, 0.1) is 6.10 Å². The molecule has 0 radical (unpaired) electrons. The molecule has 1 aliphatic heterocycles. The van der Waals surface area contributed by atoms with E-state index in [9.17, 15) is 4.79 Å². The van der Waals surface area contributed by atoms with Crippen molar-refractivity contribution in [2.24, 2.45) is 11.3 Å². The first-order chi connectivity index (χ1) is 9.96. The molecule has 0 saturated heterocycles. The number of halogens is 1. The summed E-state index contributed by atoms with van der Waals surface area (Å²) in [5.74, 6) is 0.220. The van der Waals surface area contributed by atoms with Gasteiger partial charge in [0.15, 0.2) is 5.69 Å². The zero-order chi connectivity index (χ0) is 15.2. The van der Waals surface area contributed by atoms with E-state index in [1.54, 1.807) is 7.11 Å². The molecule has 1 saturated carbocycles. The molecule has 2 heterocycles. The van der Waals surface area contributed by atoms with Crippen molar-refractivity contribution >= 4 is 18.3 Å². The van der Waals surface area contributed by atoms with Crippen molar-refractivity contribution in [3.8, 4) is 0 Å². The number of H-pyrrole nitrogens is 1. The number of aromatic nitrogens is 2. The van der Waals surface area contributed by atoms with Gasteiger partial charge in [-0.25, -0.2) is 0 Å². The Kier molecular flexibility index (Phi) is 4.84. The van der Waals surface area contributed by atoms with Crippen molar-refractivity contribution in [2.75, 3.05) is 13.7 Å². The van der Waals surface area contributed by atoms with Crippen LogP contribution in [0.5, 0.6) is 0 Å². The molecule has 3 atom stereocenters. The van der Waals surface area contributed by atoms with Crippen LogP contribution in [0.3, 0.4) is 0 Å². The molecule has 3 unspecified atom stereocenters. The molecule has 1 fully saturated rings. The van der Waals surface area contributed by atoms with E-state index >= 15 is 0 Å². The Bertz CT molecular complexity index is 558. The second-order valence-corrected chi connectivity index (χ2v) is 6.74. The molecule has 2 aliphatic rings. The molecule has 22 heavy (non-hydrogen) atoms. The number of ether oxygens (including phenoxy) is 1. The Hall–Kier alpha value is -1.11. The van der Waals surface area contributed by atoms with Gasteiger partial charge >= 0.3 is 0 Å². The van der Waals surface area contributed by atoms with Crippen molar-refractivity contribution in [3.63, 3.8) is 0 Å². The minimum absolute atomic E-state index is 0. The van der Waals surface area contributed by atoms with Gasteiger partial charge in [-0.2, -0.15) is 5.10 Å². The molecule has 0 bridgehead atoms. The van der Waals surface area contributed by atoms with Gasteiger partial charge in [0.1, 0.15) is 0 Å². The first kappa shape index (κ1) is 17.2. The van der Waals surface area contributed by atoms with Gasteiger partial charge in [0.25, 0.3) is 5.91 Å². The maximum absolute atomic E-state index is 12.5. The first-order valence-electron chi connectivity index (χ1n) is 7.57. The van der Waals surface area contributed by atoms with Gasteiger partial charge in [0.2, 0.25) is 0 Å². The number of nitrogens with zero attached hydrogens (tertiary/aromatic N) is 1. The van der Waals surface area contributed by atoms with Crippen LogP contribution >= 0.6 is 12.4 Å². The Morgan fingerprint density at radius 3 is 2.82 bits per heavy atom. The van der Waals surface area contributed by atoms with E-state index in [2.05, 4.69) is 41.6 Å². The number of aromatic amines is 1. The monoisotopic (exact) mass is 328 g/mol. The van der Waals surface area contributed by atoms with Crippen molar-refractivity contribution in [1.82, 2.24) is 20.8 Å². The molecule has 1 amide bonds. The number of carbonyl (C=O) groups excluding carboxylic acids is 1. The molecular weight excluding hydrogens is 304 g/mol. The van der Waals surface area contributed by atoms with E-state index in [4.69, 9.17) is 4.74 Å². The van der Waals surface area contributed by atoms with Crippen LogP contribution in [-0.4, -0.2) is 41.9 Å². The number of rotatable bonds is 3. The molecule has 7 heteroatoms. The highest BCUT2D eigenvalue weighted by Gasteiger charge is 2.55. The van der Waals surface area contributed by atoms with E-state index in [1.165, 1.54) is 0 Å². The Labute approximate surface area is 137 Å². The lowest BCUT2D eigenvalue weighted by molar-refractivity contribution is -0.141. The number of amides is 1. The highest BCUT2D eigenvalue weighted by Crippen LogP contribution is 2.47. The molecule has 1 aromatic rings. The summed E-state index contributed by atoms with van der Waals surface area (Å²) in [4.78, 5) is 12.5. The first-order valence-corrected chi connectivity index (χ1v) is 7.57. The van der Waals surface area contributed by atoms with Crippen molar-refractivity contribution < 1.29 is 9.53 Å². The summed E-state index contributed by atoms with van der Waals surface area (Å²) in [6.45, 7) is 8.02. The molecule has 1 aromatic heterocycles. The molecule has 3 rings (SSSR count). The minimum atomic E-state index is -0.0873. The maximum atomic E-state index is 12.5. The van der Waals surface area contributed by atoms with E-state index < -0.39 is 0 Å². The lowest BCUT2D eigenvalue weighted by Gasteiger charge is -2.56. The van der Waals surface area contributed by atoms with Crippen LogP contribution < -0.4 is 10.6 Å². The third kappa shape index (κ3) is 2.53. The number of nitrogens with one attached hydrogen (secondary N) is 3. The number of fused-ring (bicyclic) bond motifs is 1. The molecular formula is C15H25ClN4O2. The van der Waals surface area contributed by atoms with Crippen LogP contribution in [0.25, 0.3) is 0 Å². The predicted octanol–water partition coefficient (Wildman–Crippen LogP) is 1.27. The highest BCUT2D eigenvalue weighted by atomic mass is 35.5. The van der Waals surface area contributed by atoms with Gasteiger partial charge in [-0.05, 0) is 0 Å². The zero-order valence-corrected chi connectivity index (χ0v) is 14.3. The van der Waals surface area contributed by atoms with Gasteiger partial charge in [-0.1, -0.05) is 20.8 Å². The topological polar surface area (TPSA) is 79.0 Å². The van der Waals surface area contributed by atoms with E-state index in [0.717, 1.165) is 24.2 Å². The Morgan fingerprint density at radius 1 is 1.45 bits per heavy atom. The molecule has 0 spiro atoms. The van der Waals surface area contributed by atoms with Gasteiger partial charge in [-0.3, -0.25) is 9.89 Å². The quantitative estimate of drug-likeness (QED) is 0.780. The second-order valence-electron chi connectivity index (χ2n) is 6.74. The summed E-state index contributed by atoms with van der Waals surface area (Å²) in [6, 6.07) is 0.110. The fourth-order valence-electron chi connectivity index (χ4n) is 4.05. The van der Waals surface area contributed by atoms with Crippen molar-refractivity contribution in [1.29, 1.82) is 0 Å². The Morgan fingerprint density at radius 2 is 2.18 bits per heavy atom. The normalized spacial score (nSPS) is 29.0. The summed E-state index contributed by atoms with van der Waals surface area (Å²) in [5.41, 5.74) is 2.56. The largest absolute Gasteiger partial charge is 0.380 e. The lowest BCUT2D eigenvalue weighted by atomic mass is 9.58. The fraction of sp³-hybridized carbons (Fsp3) is 0.733.